The van der Waals surface area contributed by atoms with Crippen molar-refractivity contribution in [1.82, 2.24) is 10.6 Å². The lowest BCUT2D eigenvalue weighted by molar-refractivity contribution is 0.0934. The Bertz CT molecular complexity index is 799. The summed E-state index contributed by atoms with van der Waals surface area (Å²) in [7, 11) is 0. The SMILES string of the molecule is O=C(NC(NC(=S)Nc1cccc(Br)c1)C(Cl)(Cl)Cl)c1ccc(Cl)cc1. The summed E-state index contributed by atoms with van der Waals surface area (Å²) in [5, 5.41) is 9.02. The van der Waals surface area contributed by atoms with Gasteiger partial charge in [-0.1, -0.05) is 68.4 Å². The van der Waals surface area contributed by atoms with Crippen molar-refractivity contribution in [3.63, 3.8) is 0 Å². The highest BCUT2D eigenvalue weighted by molar-refractivity contribution is 9.10. The number of carbonyl (C=O) groups is 1. The maximum absolute atomic E-state index is 12.4. The molecule has 3 N–H and O–H groups in total. The average molecular weight is 516 g/mol. The molecule has 1 unspecified atom stereocenters. The van der Waals surface area contributed by atoms with Gasteiger partial charge in [-0.3, -0.25) is 4.79 Å². The molecule has 0 aliphatic carbocycles. The van der Waals surface area contributed by atoms with Gasteiger partial charge in [-0.2, -0.15) is 0 Å². The number of anilines is 1. The van der Waals surface area contributed by atoms with Gasteiger partial charge < -0.3 is 16.0 Å². The lowest BCUT2D eigenvalue weighted by Crippen LogP contribution is -2.56. The number of alkyl halides is 3. The number of nitrogens with one attached hydrogen (secondary N) is 3. The summed E-state index contributed by atoms with van der Waals surface area (Å²) in [6.45, 7) is 0. The van der Waals surface area contributed by atoms with Crippen LogP contribution in [0.1, 0.15) is 10.4 Å². The minimum Gasteiger partial charge on any atom is -0.339 e. The van der Waals surface area contributed by atoms with Crippen molar-refractivity contribution in [2.45, 2.75) is 9.96 Å². The van der Waals surface area contributed by atoms with Crippen LogP contribution in [0.3, 0.4) is 0 Å². The standard InChI is InChI=1S/C16H12BrCl4N3OS/c17-10-2-1-3-12(8-10)22-15(26)24-14(16(19,20)21)23-13(25)9-4-6-11(18)7-5-9/h1-8,14H,(H,23,25)(H2,22,24,26). The maximum atomic E-state index is 12.4. The zero-order valence-electron chi connectivity index (χ0n) is 12.9. The molecule has 0 heterocycles. The van der Waals surface area contributed by atoms with Crippen molar-refractivity contribution >= 4 is 91.3 Å². The number of benzene rings is 2. The summed E-state index contributed by atoms with van der Waals surface area (Å²) in [4.78, 5) is 12.4. The Morgan fingerprint density at radius 1 is 1.08 bits per heavy atom. The van der Waals surface area contributed by atoms with Crippen LogP contribution in [0.4, 0.5) is 5.69 Å². The second kappa shape index (κ2) is 9.44. The smallest absolute Gasteiger partial charge is 0.252 e. The lowest BCUT2D eigenvalue weighted by atomic mass is 10.2. The summed E-state index contributed by atoms with van der Waals surface area (Å²) in [6.07, 6.45) is -1.07. The van der Waals surface area contributed by atoms with Gasteiger partial charge in [-0.15, -0.1) is 0 Å². The van der Waals surface area contributed by atoms with Gasteiger partial charge in [0.05, 0.1) is 0 Å². The van der Waals surface area contributed by atoms with Gasteiger partial charge in [0.15, 0.2) is 5.11 Å². The molecule has 2 aromatic carbocycles. The molecule has 138 valence electrons. The van der Waals surface area contributed by atoms with Crippen molar-refractivity contribution in [1.29, 1.82) is 0 Å². The van der Waals surface area contributed by atoms with Crippen LogP contribution >= 0.6 is 74.6 Å². The summed E-state index contributed by atoms with van der Waals surface area (Å²) in [5.74, 6) is -0.448. The Labute approximate surface area is 184 Å². The molecular weight excluding hydrogens is 504 g/mol. The predicted molar refractivity (Wildman–Crippen MR) is 116 cm³/mol. The fraction of sp³-hybridized carbons (Fsp3) is 0.125. The fourth-order valence-corrected chi connectivity index (χ4v) is 2.97. The third kappa shape index (κ3) is 6.76. The molecule has 0 spiro atoms. The molecule has 10 heteroatoms. The van der Waals surface area contributed by atoms with E-state index in [0.29, 0.717) is 10.6 Å². The predicted octanol–water partition coefficient (Wildman–Crippen LogP) is 5.52. The summed E-state index contributed by atoms with van der Waals surface area (Å²) < 4.78 is -0.968. The number of hydrogen-bond acceptors (Lipinski definition) is 2. The molecule has 0 radical (unpaired) electrons. The number of thiocarbonyl (C=S) groups is 1. The summed E-state index contributed by atoms with van der Waals surface area (Å²) in [5.41, 5.74) is 1.09. The first-order valence-corrected chi connectivity index (χ1v) is 9.83. The van der Waals surface area contributed by atoms with Gasteiger partial charge in [-0.25, -0.2) is 0 Å². The summed E-state index contributed by atoms with van der Waals surface area (Å²) >= 11 is 32.3. The molecule has 2 rings (SSSR count). The molecule has 0 aromatic heterocycles. The van der Waals surface area contributed by atoms with Gasteiger partial charge >= 0.3 is 0 Å². The molecule has 1 amide bonds. The molecule has 0 aliphatic heterocycles. The van der Waals surface area contributed by atoms with Crippen LogP contribution in [0, 0.1) is 0 Å². The molecule has 4 nitrogen and oxygen atoms in total. The van der Waals surface area contributed by atoms with Crippen molar-refractivity contribution in [2.75, 3.05) is 5.32 Å². The van der Waals surface area contributed by atoms with E-state index in [9.17, 15) is 4.79 Å². The number of amides is 1. The molecule has 0 aliphatic rings. The van der Waals surface area contributed by atoms with Crippen molar-refractivity contribution in [3.05, 3.63) is 63.6 Å². The number of carbonyl (C=O) groups excluding carboxylic acids is 1. The molecule has 26 heavy (non-hydrogen) atoms. The molecular formula is C16H12BrCl4N3OS. The van der Waals surface area contributed by atoms with Gasteiger partial charge in [0, 0.05) is 20.7 Å². The van der Waals surface area contributed by atoms with Gasteiger partial charge in [0.2, 0.25) is 3.79 Å². The Hall–Kier alpha value is -0.760. The van der Waals surface area contributed by atoms with Crippen LogP contribution in [-0.2, 0) is 0 Å². The van der Waals surface area contributed by atoms with Gasteiger partial charge in [-0.05, 0) is 54.7 Å². The quantitative estimate of drug-likeness (QED) is 0.285. The molecule has 0 saturated heterocycles. The first kappa shape index (κ1) is 21.5. The summed E-state index contributed by atoms with van der Waals surface area (Å²) in [6, 6.07) is 13.7. The van der Waals surface area contributed by atoms with E-state index in [1.807, 2.05) is 24.3 Å². The Morgan fingerprint density at radius 2 is 1.73 bits per heavy atom. The van der Waals surface area contributed by atoms with Crippen LogP contribution < -0.4 is 16.0 Å². The van der Waals surface area contributed by atoms with E-state index in [1.165, 1.54) is 0 Å². The van der Waals surface area contributed by atoms with Crippen LogP contribution in [-0.4, -0.2) is 21.0 Å². The Morgan fingerprint density at radius 3 is 2.31 bits per heavy atom. The third-order valence-corrected chi connectivity index (χ3v) is 4.69. The van der Waals surface area contributed by atoms with E-state index in [0.717, 1.165) is 10.2 Å². The second-order valence-electron chi connectivity index (χ2n) is 5.06. The first-order chi connectivity index (χ1) is 12.1. The monoisotopic (exact) mass is 513 g/mol. The van der Waals surface area contributed by atoms with Crippen molar-refractivity contribution in [2.24, 2.45) is 0 Å². The molecule has 0 bridgehead atoms. The van der Waals surface area contributed by atoms with E-state index >= 15 is 0 Å². The number of rotatable bonds is 4. The minimum absolute atomic E-state index is 0.177. The highest BCUT2D eigenvalue weighted by Crippen LogP contribution is 2.29. The van der Waals surface area contributed by atoms with Crippen LogP contribution in [0.15, 0.2) is 53.0 Å². The molecule has 1 atom stereocenters. The topological polar surface area (TPSA) is 53.2 Å². The molecule has 2 aromatic rings. The lowest BCUT2D eigenvalue weighted by Gasteiger charge is -2.27. The largest absolute Gasteiger partial charge is 0.339 e. The number of halogens is 5. The minimum atomic E-state index is -1.84. The van der Waals surface area contributed by atoms with Crippen molar-refractivity contribution < 1.29 is 4.79 Å². The van der Waals surface area contributed by atoms with E-state index < -0.39 is 15.9 Å². The average Bonchev–Trinajstić information content (AvgIpc) is 2.53. The normalized spacial score (nSPS) is 12.2. The van der Waals surface area contributed by atoms with Crippen LogP contribution in [0.5, 0.6) is 0 Å². The Balaban J connectivity index is 2.06. The highest BCUT2D eigenvalue weighted by Gasteiger charge is 2.34. The van der Waals surface area contributed by atoms with E-state index in [-0.39, 0.29) is 5.11 Å². The van der Waals surface area contributed by atoms with Gasteiger partial charge in [0.1, 0.15) is 6.17 Å². The third-order valence-electron chi connectivity index (χ3n) is 3.07. The van der Waals surface area contributed by atoms with Crippen LogP contribution in [0.2, 0.25) is 5.02 Å². The molecule has 0 fully saturated rings. The Kier molecular flexibility index (Phi) is 7.82. The number of hydrogen-bond donors (Lipinski definition) is 3. The van der Waals surface area contributed by atoms with Gasteiger partial charge in [0.25, 0.3) is 5.91 Å². The first-order valence-electron chi connectivity index (χ1n) is 7.11. The van der Waals surface area contributed by atoms with Crippen LogP contribution in [0.25, 0.3) is 0 Å². The highest BCUT2D eigenvalue weighted by atomic mass is 79.9. The van der Waals surface area contributed by atoms with Crippen molar-refractivity contribution in [3.8, 4) is 0 Å². The molecule has 0 saturated carbocycles. The zero-order chi connectivity index (χ0) is 19.3. The van der Waals surface area contributed by atoms with E-state index in [1.54, 1.807) is 24.3 Å². The maximum Gasteiger partial charge on any atom is 0.252 e. The fourth-order valence-electron chi connectivity index (χ4n) is 1.88. The van der Waals surface area contributed by atoms with E-state index in [4.69, 9.17) is 58.6 Å². The van der Waals surface area contributed by atoms with E-state index in [2.05, 4.69) is 31.9 Å². The zero-order valence-corrected chi connectivity index (χ0v) is 18.3. The second-order valence-corrected chi connectivity index (χ2v) is 9.19.